The van der Waals surface area contributed by atoms with E-state index in [4.69, 9.17) is 11.2 Å². The van der Waals surface area contributed by atoms with Gasteiger partial charge in [0.2, 0.25) is 11.8 Å². The zero-order chi connectivity index (χ0) is 29.6. The first-order chi connectivity index (χ1) is 18.3. The molecule has 0 aliphatic rings. The largest absolute Gasteiger partial charge is 0.444 e. The van der Waals surface area contributed by atoms with E-state index in [9.17, 15) is 14.4 Å². The zero-order valence-electron chi connectivity index (χ0n) is 25.4. The van der Waals surface area contributed by atoms with Crippen molar-refractivity contribution in [1.82, 2.24) is 15.5 Å². The highest BCUT2D eigenvalue weighted by atomic mass is 16.6. The van der Waals surface area contributed by atoms with Crippen molar-refractivity contribution >= 4 is 17.9 Å². The second kappa shape index (κ2) is 16.8. The Kier molecular flexibility index (Phi) is 14.7. The molecule has 0 heterocycles. The Labute approximate surface area is 236 Å². The number of carbonyl (C=O) groups is 3. The Morgan fingerprint density at radius 3 is 2.05 bits per heavy atom. The number of unbranched alkanes of at least 4 members (excludes halogenated alkanes) is 5. The van der Waals surface area contributed by atoms with E-state index < -0.39 is 23.8 Å². The predicted octanol–water partition coefficient (Wildman–Crippen LogP) is 6.36. The fourth-order valence-electron chi connectivity index (χ4n) is 4.32. The van der Waals surface area contributed by atoms with Crippen molar-refractivity contribution in [3.05, 3.63) is 35.4 Å². The number of terminal acetylenes is 1. The first-order valence-electron chi connectivity index (χ1n) is 14.5. The van der Waals surface area contributed by atoms with E-state index >= 15 is 0 Å². The molecule has 0 bridgehead atoms. The minimum absolute atomic E-state index is 0.110. The Morgan fingerprint density at radius 2 is 1.54 bits per heavy atom. The summed E-state index contributed by atoms with van der Waals surface area (Å²) < 4.78 is 5.48. The molecule has 0 aromatic heterocycles. The second-order valence-corrected chi connectivity index (χ2v) is 11.6. The molecule has 3 atom stereocenters. The lowest BCUT2D eigenvalue weighted by Gasteiger charge is -2.36. The Balaban J connectivity index is 3.48. The summed E-state index contributed by atoms with van der Waals surface area (Å²) in [4.78, 5) is 42.3. The third-order valence-corrected chi connectivity index (χ3v) is 6.57. The molecule has 0 saturated carbocycles. The van der Waals surface area contributed by atoms with E-state index in [-0.39, 0.29) is 23.8 Å². The van der Waals surface area contributed by atoms with Crippen LogP contribution in [0.4, 0.5) is 4.79 Å². The van der Waals surface area contributed by atoms with Crippen LogP contribution in [0.5, 0.6) is 0 Å². The zero-order valence-corrected chi connectivity index (χ0v) is 25.4. The van der Waals surface area contributed by atoms with Crippen LogP contribution in [0.1, 0.15) is 118 Å². The molecule has 0 aliphatic carbocycles. The molecule has 39 heavy (non-hydrogen) atoms. The maximum absolute atomic E-state index is 14.3. The summed E-state index contributed by atoms with van der Waals surface area (Å²) >= 11 is 0. The molecule has 2 N–H and O–H groups in total. The van der Waals surface area contributed by atoms with Crippen LogP contribution in [-0.2, 0) is 14.3 Å². The molecule has 1 aromatic rings. The average molecular weight is 542 g/mol. The summed E-state index contributed by atoms with van der Waals surface area (Å²) in [7, 11) is 0. The van der Waals surface area contributed by atoms with E-state index in [1.165, 1.54) is 6.42 Å². The molecule has 1 rings (SSSR count). The van der Waals surface area contributed by atoms with Gasteiger partial charge in [0, 0.05) is 18.2 Å². The highest BCUT2D eigenvalue weighted by Gasteiger charge is 2.38. The SMILES string of the molecule is C#Cc1ccc(C(C(=O)NC(C)C)N(CCCCCCCC)C(=O)C(NC(=O)OC(C)(C)C)C(C)CC)cc1. The minimum Gasteiger partial charge on any atom is -0.444 e. The maximum atomic E-state index is 14.3. The fraction of sp³-hybridized carbons (Fsp3) is 0.656. The first kappa shape index (κ1) is 34.0. The molecule has 3 amide bonds. The summed E-state index contributed by atoms with van der Waals surface area (Å²) in [5.41, 5.74) is 0.662. The predicted molar refractivity (Wildman–Crippen MR) is 158 cm³/mol. The average Bonchev–Trinajstić information content (AvgIpc) is 2.86. The molecule has 7 heteroatoms. The fourth-order valence-corrected chi connectivity index (χ4v) is 4.32. The maximum Gasteiger partial charge on any atom is 0.408 e. The Bertz CT molecular complexity index is 944. The van der Waals surface area contributed by atoms with Crippen molar-refractivity contribution in [3.8, 4) is 12.3 Å². The van der Waals surface area contributed by atoms with Gasteiger partial charge < -0.3 is 20.3 Å². The number of carbonyl (C=O) groups excluding carboxylic acids is 3. The lowest BCUT2D eigenvalue weighted by molar-refractivity contribution is -0.143. The Hall–Kier alpha value is -3.01. The van der Waals surface area contributed by atoms with Gasteiger partial charge in [0.05, 0.1) is 0 Å². The summed E-state index contributed by atoms with van der Waals surface area (Å²) in [5.74, 6) is 1.87. The van der Waals surface area contributed by atoms with E-state index in [1.54, 1.807) is 49.9 Å². The quantitative estimate of drug-likeness (QED) is 0.200. The number of alkyl carbamates (subject to hydrolysis) is 1. The van der Waals surface area contributed by atoms with Gasteiger partial charge >= 0.3 is 6.09 Å². The molecule has 0 radical (unpaired) electrons. The molecular formula is C32H51N3O4. The van der Waals surface area contributed by atoms with Crippen LogP contribution in [0.3, 0.4) is 0 Å². The van der Waals surface area contributed by atoms with Crippen LogP contribution in [-0.4, -0.2) is 47.0 Å². The number of hydrogen-bond acceptors (Lipinski definition) is 4. The van der Waals surface area contributed by atoms with Crippen LogP contribution in [0.2, 0.25) is 0 Å². The van der Waals surface area contributed by atoms with Crippen LogP contribution in [0.15, 0.2) is 24.3 Å². The number of ether oxygens (including phenoxy) is 1. The van der Waals surface area contributed by atoms with Gasteiger partial charge in [-0.05, 0) is 64.7 Å². The van der Waals surface area contributed by atoms with E-state index in [0.29, 0.717) is 24.1 Å². The van der Waals surface area contributed by atoms with Crippen molar-refractivity contribution in [1.29, 1.82) is 0 Å². The van der Waals surface area contributed by atoms with Gasteiger partial charge in [0.1, 0.15) is 17.7 Å². The molecule has 0 fully saturated rings. The molecule has 0 spiro atoms. The number of benzene rings is 1. The van der Waals surface area contributed by atoms with Crippen molar-refractivity contribution in [2.24, 2.45) is 5.92 Å². The van der Waals surface area contributed by atoms with Gasteiger partial charge in [-0.1, -0.05) is 77.3 Å². The van der Waals surface area contributed by atoms with Crippen molar-refractivity contribution < 1.29 is 19.1 Å². The van der Waals surface area contributed by atoms with Crippen LogP contribution < -0.4 is 10.6 Å². The summed E-state index contributed by atoms with van der Waals surface area (Å²) in [6.07, 6.45) is 11.8. The lowest BCUT2D eigenvalue weighted by Crippen LogP contribution is -2.55. The highest BCUT2D eigenvalue weighted by molar-refractivity contribution is 5.92. The standard InChI is InChI=1S/C32H51N3O4/c1-10-13-14-15-16-17-22-35(30(37)27(24(6)11-2)34-31(38)39-32(7,8)9)28(29(36)33-23(4)5)26-20-18-25(12-3)19-21-26/h3,18-21,23-24,27-28H,10-11,13-17,22H2,1-2,4-9H3,(H,33,36)(H,34,38). The molecule has 3 unspecified atom stereocenters. The smallest absolute Gasteiger partial charge is 0.408 e. The molecule has 218 valence electrons. The molecule has 7 nitrogen and oxygen atoms in total. The molecule has 0 saturated heterocycles. The van der Waals surface area contributed by atoms with Crippen LogP contribution in [0.25, 0.3) is 0 Å². The summed E-state index contributed by atoms with van der Waals surface area (Å²) in [5, 5.41) is 5.81. The van der Waals surface area contributed by atoms with Gasteiger partial charge in [-0.25, -0.2) is 4.79 Å². The van der Waals surface area contributed by atoms with Crippen LogP contribution >= 0.6 is 0 Å². The van der Waals surface area contributed by atoms with Crippen molar-refractivity contribution in [2.75, 3.05) is 6.54 Å². The van der Waals surface area contributed by atoms with Gasteiger partial charge in [-0.3, -0.25) is 9.59 Å². The topological polar surface area (TPSA) is 87.7 Å². The highest BCUT2D eigenvalue weighted by Crippen LogP contribution is 2.26. The van der Waals surface area contributed by atoms with Gasteiger partial charge in [0.25, 0.3) is 0 Å². The lowest BCUT2D eigenvalue weighted by atomic mass is 9.95. The molecular weight excluding hydrogens is 490 g/mol. The van der Waals surface area contributed by atoms with Crippen molar-refractivity contribution in [2.45, 2.75) is 124 Å². The van der Waals surface area contributed by atoms with E-state index in [1.807, 2.05) is 27.7 Å². The summed E-state index contributed by atoms with van der Waals surface area (Å²) in [6, 6.07) is 5.36. The number of nitrogens with zero attached hydrogens (tertiary/aromatic N) is 1. The summed E-state index contributed by atoms with van der Waals surface area (Å²) in [6.45, 7) is 15.6. The monoisotopic (exact) mass is 541 g/mol. The number of hydrogen-bond donors (Lipinski definition) is 2. The third-order valence-electron chi connectivity index (χ3n) is 6.57. The van der Waals surface area contributed by atoms with E-state index in [2.05, 4.69) is 23.5 Å². The van der Waals surface area contributed by atoms with Crippen molar-refractivity contribution in [3.63, 3.8) is 0 Å². The number of rotatable bonds is 15. The normalized spacial score (nSPS) is 13.6. The van der Waals surface area contributed by atoms with E-state index in [0.717, 1.165) is 32.1 Å². The van der Waals surface area contributed by atoms with Gasteiger partial charge in [0.15, 0.2) is 0 Å². The first-order valence-corrected chi connectivity index (χ1v) is 14.5. The number of nitrogens with one attached hydrogen (secondary N) is 2. The minimum atomic E-state index is -0.866. The molecule has 1 aromatic carbocycles. The van der Waals surface area contributed by atoms with Gasteiger partial charge in [-0.2, -0.15) is 0 Å². The third kappa shape index (κ3) is 12.1. The Morgan fingerprint density at radius 1 is 0.949 bits per heavy atom. The van der Waals surface area contributed by atoms with Crippen LogP contribution in [0, 0.1) is 18.3 Å². The molecule has 0 aliphatic heterocycles. The number of amides is 3. The van der Waals surface area contributed by atoms with Gasteiger partial charge in [-0.15, -0.1) is 6.42 Å². The second-order valence-electron chi connectivity index (χ2n) is 11.6.